The summed E-state index contributed by atoms with van der Waals surface area (Å²) in [6.45, 7) is 4.15. The van der Waals surface area contributed by atoms with Crippen molar-refractivity contribution in [3.63, 3.8) is 0 Å². The first kappa shape index (κ1) is 9.40. The molecule has 1 fully saturated rings. The molecule has 0 spiro atoms. The van der Waals surface area contributed by atoms with Crippen molar-refractivity contribution in [3.05, 3.63) is 5.82 Å². The van der Waals surface area contributed by atoms with Crippen LogP contribution in [0.2, 0.25) is 0 Å². The van der Waals surface area contributed by atoms with E-state index in [0.29, 0.717) is 4.83 Å². The summed E-state index contributed by atoms with van der Waals surface area (Å²) < 4.78 is 4.19. The zero-order chi connectivity index (χ0) is 9.26. The van der Waals surface area contributed by atoms with Crippen LogP contribution in [0, 0.1) is 6.92 Å². The summed E-state index contributed by atoms with van der Waals surface area (Å²) in [4.78, 5) is 7.39. The first-order valence-electron chi connectivity index (χ1n) is 4.45. The van der Waals surface area contributed by atoms with E-state index in [1.165, 1.54) is 24.4 Å². The number of anilines is 1. The lowest BCUT2D eigenvalue weighted by Gasteiger charge is -2.28. The topological polar surface area (TPSA) is 29.0 Å². The van der Waals surface area contributed by atoms with Crippen molar-refractivity contribution >= 4 is 32.6 Å². The Kier molecular flexibility index (Phi) is 2.83. The molecule has 1 aromatic heterocycles. The lowest BCUT2D eigenvalue weighted by Crippen LogP contribution is -2.33. The molecule has 13 heavy (non-hydrogen) atoms. The Morgan fingerprint density at radius 3 is 2.69 bits per heavy atom. The second-order valence-corrected chi connectivity index (χ2v) is 5.31. The molecule has 0 saturated carbocycles. The molecule has 0 unspecified atom stereocenters. The number of piperidine rings is 1. The Hall–Kier alpha value is -0.160. The maximum absolute atomic E-state index is 4.38. The lowest BCUT2D eigenvalue weighted by molar-refractivity contribution is 0.596. The number of rotatable bonds is 1. The zero-order valence-corrected chi connectivity index (χ0v) is 9.94. The molecule has 0 aromatic carbocycles. The van der Waals surface area contributed by atoms with Gasteiger partial charge in [0.1, 0.15) is 5.82 Å². The molecule has 0 radical (unpaired) electrons. The smallest absolute Gasteiger partial charge is 0.205 e. The Labute approximate surface area is 90.5 Å². The van der Waals surface area contributed by atoms with Crippen molar-refractivity contribution in [2.75, 3.05) is 18.0 Å². The van der Waals surface area contributed by atoms with E-state index in [0.717, 1.165) is 24.0 Å². The third-order valence-electron chi connectivity index (χ3n) is 2.21. The van der Waals surface area contributed by atoms with Crippen molar-refractivity contribution < 1.29 is 0 Å². The van der Waals surface area contributed by atoms with E-state index in [-0.39, 0.29) is 0 Å². The zero-order valence-electron chi connectivity index (χ0n) is 7.53. The van der Waals surface area contributed by atoms with Gasteiger partial charge in [0, 0.05) is 29.4 Å². The van der Waals surface area contributed by atoms with E-state index in [4.69, 9.17) is 0 Å². The van der Waals surface area contributed by atoms with E-state index in [1.807, 2.05) is 6.92 Å². The Balaban J connectivity index is 2.02. The number of alkyl halides is 1. The predicted molar refractivity (Wildman–Crippen MR) is 58.8 cm³/mol. The van der Waals surface area contributed by atoms with Crippen LogP contribution >= 0.6 is 27.5 Å². The summed E-state index contributed by atoms with van der Waals surface area (Å²) in [5, 5.41) is 1.08. The van der Waals surface area contributed by atoms with Gasteiger partial charge in [-0.15, -0.1) is 0 Å². The van der Waals surface area contributed by atoms with Crippen molar-refractivity contribution in [3.8, 4) is 0 Å². The summed E-state index contributed by atoms with van der Waals surface area (Å²) in [6.07, 6.45) is 2.41. The number of aromatic nitrogens is 2. The summed E-state index contributed by atoms with van der Waals surface area (Å²) >= 11 is 5.14. The van der Waals surface area contributed by atoms with Gasteiger partial charge in [-0.2, -0.15) is 4.37 Å². The van der Waals surface area contributed by atoms with Gasteiger partial charge in [-0.3, -0.25) is 0 Å². The van der Waals surface area contributed by atoms with Gasteiger partial charge in [0.15, 0.2) is 0 Å². The predicted octanol–water partition coefficient (Wildman–Crippen LogP) is 2.21. The molecule has 0 N–H and O–H groups in total. The molecular weight excluding hydrogens is 250 g/mol. The highest BCUT2D eigenvalue weighted by atomic mass is 79.9. The average Bonchev–Trinajstić information content (AvgIpc) is 2.53. The Bertz CT molecular complexity index is 281. The molecule has 0 amide bonds. The van der Waals surface area contributed by atoms with Crippen molar-refractivity contribution in [2.45, 2.75) is 24.6 Å². The van der Waals surface area contributed by atoms with Gasteiger partial charge >= 0.3 is 0 Å². The highest BCUT2D eigenvalue weighted by Crippen LogP contribution is 2.24. The first-order valence-corrected chi connectivity index (χ1v) is 6.14. The van der Waals surface area contributed by atoms with Gasteiger partial charge in [0.25, 0.3) is 0 Å². The molecule has 1 saturated heterocycles. The number of nitrogens with zero attached hydrogens (tertiary/aromatic N) is 3. The van der Waals surface area contributed by atoms with Crippen molar-refractivity contribution in [1.82, 2.24) is 9.36 Å². The van der Waals surface area contributed by atoms with E-state index in [9.17, 15) is 0 Å². The number of aryl methyl sites for hydroxylation is 1. The number of hydrogen-bond acceptors (Lipinski definition) is 4. The van der Waals surface area contributed by atoms with Gasteiger partial charge in [0.2, 0.25) is 5.13 Å². The van der Waals surface area contributed by atoms with Crippen molar-refractivity contribution in [2.24, 2.45) is 0 Å². The third kappa shape index (κ3) is 2.20. The maximum Gasteiger partial charge on any atom is 0.205 e. The second kappa shape index (κ2) is 3.92. The second-order valence-electron chi connectivity index (χ2n) is 3.29. The average molecular weight is 262 g/mol. The van der Waals surface area contributed by atoms with E-state index >= 15 is 0 Å². The molecular formula is C8H12BrN3S. The largest absolute Gasteiger partial charge is 0.347 e. The van der Waals surface area contributed by atoms with E-state index < -0.39 is 0 Å². The molecule has 0 bridgehead atoms. The van der Waals surface area contributed by atoms with Crippen LogP contribution in [0.4, 0.5) is 5.13 Å². The van der Waals surface area contributed by atoms with Gasteiger partial charge in [-0.25, -0.2) is 4.98 Å². The maximum atomic E-state index is 4.38. The fourth-order valence-electron chi connectivity index (χ4n) is 1.45. The summed E-state index contributed by atoms with van der Waals surface area (Å²) in [5.74, 6) is 0.890. The van der Waals surface area contributed by atoms with E-state index in [2.05, 4.69) is 30.2 Å². The van der Waals surface area contributed by atoms with Crippen LogP contribution in [0.5, 0.6) is 0 Å². The minimum atomic E-state index is 0.692. The van der Waals surface area contributed by atoms with Gasteiger partial charge in [0.05, 0.1) is 0 Å². The van der Waals surface area contributed by atoms with Gasteiger partial charge in [-0.05, 0) is 19.8 Å². The van der Waals surface area contributed by atoms with Crippen LogP contribution in [0.3, 0.4) is 0 Å². The summed E-state index contributed by atoms with van der Waals surface area (Å²) in [5.41, 5.74) is 0. The molecule has 1 aliphatic rings. The molecule has 1 aliphatic heterocycles. The molecule has 2 heterocycles. The van der Waals surface area contributed by atoms with Crippen LogP contribution in [0.25, 0.3) is 0 Å². The standard InChI is InChI=1S/C8H12BrN3S/c1-6-10-8(13-11-6)12-4-2-7(9)3-5-12/h7H,2-5H2,1H3. The number of hydrogen-bond donors (Lipinski definition) is 0. The van der Waals surface area contributed by atoms with Crippen LogP contribution in [-0.2, 0) is 0 Å². The minimum Gasteiger partial charge on any atom is -0.347 e. The summed E-state index contributed by atoms with van der Waals surface area (Å²) in [7, 11) is 0. The summed E-state index contributed by atoms with van der Waals surface area (Å²) in [6, 6.07) is 0. The van der Waals surface area contributed by atoms with Crippen LogP contribution in [0.1, 0.15) is 18.7 Å². The molecule has 2 rings (SSSR count). The van der Waals surface area contributed by atoms with E-state index in [1.54, 1.807) is 0 Å². The quantitative estimate of drug-likeness (QED) is 0.726. The number of halogens is 1. The Morgan fingerprint density at radius 2 is 2.15 bits per heavy atom. The van der Waals surface area contributed by atoms with Gasteiger partial charge in [-0.1, -0.05) is 15.9 Å². The molecule has 0 atom stereocenters. The molecule has 5 heteroatoms. The first-order chi connectivity index (χ1) is 6.25. The SMILES string of the molecule is Cc1nsc(N2CCC(Br)CC2)n1. The van der Waals surface area contributed by atoms with Crippen molar-refractivity contribution in [1.29, 1.82) is 0 Å². The fourth-order valence-corrected chi connectivity index (χ4v) is 2.59. The minimum absolute atomic E-state index is 0.692. The molecule has 3 nitrogen and oxygen atoms in total. The normalized spacial score (nSPS) is 19.4. The monoisotopic (exact) mass is 261 g/mol. The highest BCUT2D eigenvalue weighted by Gasteiger charge is 2.19. The lowest BCUT2D eigenvalue weighted by atomic mass is 10.1. The highest BCUT2D eigenvalue weighted by molar-refractivity contribution is 9.09. The Morgan fingerprint density at radius 1 is 1.46 bits per heavy atom. The molecule has 1 aromatic rings. The van der Waals surface area contributed by atoms with Crippen LogP contribution in [0.15, 0.2) is 0 Å². The van der Waals surface area contributed by atoms with Crippen LogP contribution < -0.4 is 4.90 Å². The van der Waals surface area contributed by atoms with Crippen LogP contribution in [-0.4, -0.2) is 27.3 Å². The fraction of sp³-hybridized carbons (Fsp3) is 0.750. The third-order valence-corrected chi connectivity index (χ3v) is 4.00. The molecule has 0 aliphatic carbocycles. The molecule has 72 valence electrons. The van der Waals surface area contributed by atoms with Gasteiger partial charge < -0.3 is 4.90 Å².